The molecule has 0 aliphatic heterocycles. The Labute approximate surface area is 147 Å². The molecule has 24 heavy (non-hydrogen) atoms. The van der Waals surface area contributed by atoms with Crippen molar-refractivity contribution in [3.63, 3.8) is 0 Å². The molecule has 2 aromatic carbocycles. The van der Waals surface area contributed by atoms with E-state index in [9.17, 15) is 9.18 Å². The standard InChI is InChI=1S/C19H22ClFN2O/c1-12(2)19(14-4-7-16(21)8-5-14)22-11-18(24)23-17-9-6-15(20)10-13(17)3/h4-10,12,19,22H,11H2,1-3H3,(H,23,24)/t19-/m1/s1. The highest BCUT2D eigenvalue weighted by Crippen LogP contribution is 2.22. The van der Waals surface area contributed by atoms with Crippen molar-refractivity contribution in [1.29, 1.82) is 0 Å². The summed E-state index contributed by atoms with van der Waals surface area (Å²) in [5.41, 5.74) is 2.62. The third kappa shape index (κ3) is 5.05. The predicted octanol–water partition coefficient (Wildman–Crippen LogP) is 4.71. The Hall–Kier alpha value is -1.91. The van der Waals surface area contributed by atoms with Crippen LogP contribution < -0.4 is 10.6 Å². The lowest BCUT2D eigenvalue weighted by Crippen LogP contribution is -2.33. The van der Waals surface area contributed by atoms with E-state index in [4.69, 9.17) is 11.6 Å². The van der Waals surface area contributed by atoms with Crippen LogP contribution >= 0.6 is 11.6 Å². The van der Waals surface area contributed by atoms with E-state index in [1.807, 2.05) is 6.92 Å². The van der Waals surface area contributed by atoms with Crippen LogP contribution in [0.2, 0.25) is 5.02 Å². The Morgan fingerprint density at radius 1 is 1.17 bits per heavy atom. The lowest BCUT2D eigenvalue weighted by atomic mass is 9.96. The molecule has 0 fully saturated rings. The maximum atomic E-state index is 13.1. The zero-order valence-electron chi connectivity index (χ0n) is 14.1. The number of rotatable bonds is 6. The Kier molecular flexibility index (Phi) is 6.35. The molecule has 2 N–H and O–H groups in total. The van der Waals surface area contributed by atoms with Crippen molar-refractivity contribution in [1.82, 2.24) is 5.32 Å². The molecule has 1 atom stereocenters. The molecule has 0 unspecified atom stereocenters. The number of nitrogens with one attached hydrogen (secondary N) is 2. The quantitative estimate of drug-likeness (QED) is 0.793. The molecular weight excluding hydrogens is 327 g/mol. The first-order chi connectivity index (χ1) is 11.4. The molecule has 0 radical (unpaired) electrons. The van der Waals surface area contributed by atoms with Crippen LogP contribution in [-0.2, 0) is 4.79 Å². The van der Waals surface area contributed by atoms with E-state index < -0.39 is 0 Å². The van der Waals surface area contributed by atoms with Gasteiger partial charge >= 0.3 is 0 Å². The number of benzene rings is 2. The highest BCUT2D eigenvalue weighted by molar-refractivity contribution is 6.30. The predicted molar refractivity (Wildman–Crippen MR) is 96.8 cm³/mol. The van der Waals surface area contributed by atoms with Gasteiger partial charge in [-0.2, -0.15) is 0 Å². The fraction of sp³-hybridized carbons (Fsp3) is 0.316. The fourth-order valence-corrected chi connectivity index (χ4v) is 2.80. The number of carbonyl (C=O) groups excluding carboxylic acids is 1. The zero-order chi connectivity index (χ0) is 17.7. The summed E-state index contributed by atoms with van der Waals surface area (Å²) < 4.78 is 13.1. The van der Waals surface area contributed by atoms with Crippen LogP contribution in [0.5, 0.6) is 0 Å². The number of anilines is 1. The summed E-state index contributed by atoms with van der Waals surface area (Å²) in [6.07, 6.45) is 0. The maximum Gasteiger partial charge on any atom is 0.238 e. The largest absolute Gasteiger partial charge is 0.325 e. The van der Waals surface area contributed by atoms with Crippen molar-refractivity contribution in [2.75, 3.05) is 11.9 Å². The first-order valence-corrected chi connectivity index (χ1v) is 8.29. The molecule has 1 amide bonds. The van der Waals surface area contributed by atoms with Gasteiger partial charge in [0.05, 0.1) is 6.54 Å². The highest BCUT2D eigenvalue weighted by atomic mass is 35.5. The smallest absolute Gasteiger partial charge is 0.238 e. The second-order valence-electron chi connectivity index (χ2n) is 6.16. The van der Waals surface area contributed by atoms with E-state index in [-0.39, 0.29) is 30.2 Å². The summed E-state index contributed by atoms with van der Waals surface area (Å²) in [5, 5.41) is 6.76. The summed E-state index contributed by atoms with van der Waals surface area (Å²) >= 11 is 5.92. The molecule has 0 aromatic heterocycles. The highest BCUT2D eigenvalue weighted by Gasteiger charge is 2.17. The van der Waals surface area contributed by atoms with Gasteiger partial charge in [-0.25, -0.2) is 4.39 Å². The van der Waals surface area contributed by atoms with Gasteiger partial charge < -0.3 is 10.6 Å². The maximum absolute atomic E-state index is 13.1. The second-order valence-corrected chi connectivity index (χ2v) is 6.60. The normalized spacial score (nSPS) is 12.2. The average Bonchev–Trinajstić information content (AvgIpc) is 2.52. The third-order valence-electron chi connectivity index (χ3n) is 3.84. The first-order valence-electron chi connectivity index (χ1n) is 7.91. The van der Waals surface area contributed by atoms with Crippen molar-refractivity contribution in [3.8, 4) is 0 Å². The molecule has 0 spiro atoms. The number of amides is 1. The van der Waals surface area contributed by atoms with Crippen molar-refractivity contribution >= 4 is 23.2 Å². The molecule has 0 saturated carbocycles. The lowest BCUT2D eigenvalue weighted by Gasteiger charge is -2.23. The lowest BCUT2D eigenvalue weighted by molar-refractivity contribution is -0.115. The van der Waals surface area contributed by atoms with Gasteiger partial charge in [-0.05, 0) is 54.3 Å². The zero-order valence-corrected chi connectivity index (χ0v) is 14.8. The van der Waals surface area contributed by atoms with Crippen LogP contribution in [0.4, 0.5) is 10.1 Å². The minimum atomic E-state index is -0.266. The topological polar surface area (TPSA) is 41.1 Å². The minimum absolute atomic E-state index is 0.0253. The molecule has 0 bridgehead atoms. The fourth-order valence-electron chi connectivity index (χ4n) is 2.57. The average molecular weight is 349 g/mol. The van der Waals surface area contributed by atoms with Crippen LogP contribution in [0.1, 0.15) is 31.0 Å². The molecule has 0 aliphatic rings. The van der Waals surface area contributed by atoms with Gasteiger partial charge in [0.1, 0.15) is 5.82 Å². The Bertz CT molecular complexity index is 701. The molecule has 0 saturated heterocycles. The van der Waals surface area contributed by atoms with Crippen molar-refractivity contribution in [2.45, 2.75) is 26.8 Å². The minimum Gasteiger partial charge on any atom is -0.325 e. The van der Waals surface area contributed by atoms with E-state index >= 15 is 0 Å². The number of halogens is 2. The summed E-state index contributed by atoms with van der Waals surface area (Å²) in [5.74, 6) is -0.133. The molecule has 2 rings (SSSR count). The van der Waals surface area contributed by atoms with E-state index in [0.717, 1.165) is 16.8 Å². The number of aryl methyl sites for hydroxylation is 1. The molecule has 2 aromatic rings. The summed E-state index contributed by atoms with van der Waals surface area (Å²) in [4.78, 5) is 12.2. The molecular formula is C19H22ClFN2O. The monoisotopic (exact) mass is 348 g/mol. The van der Waals surface area contributed by atoms with Gasteiger partial charge in [0.25, 0.3) is 0 Å². The summed E-state index contributed by atoms with van der Waals surface area (Å²) in [6.45, 7) is 6.18. The summed E-state index contributed by atoms with van der Waals surface area (Å²) in [6, 6.07) is 11.7. The van der Waals surface area contributed by atoms with Crippen LogP contribution in [0.3, 0.4) is 0 Å². The van der Waals surface area contributed by atoms with Gasteiger partial charge in [0.2, 0.25) is 5.91 Å². The van der Waals surface area contributed by atoms with Crippen molar-refractivity contribution in [2.24, 2.45) is 5.92 Å². The Morgan fingerprint density at radius 3 is 2.42 bits per heavy atom. The van der Waals surface area contributed by atoms with E-state index in [1.54, 1.807) is 30.3 Å². The van der Waals surface area contributed by atoms with Gasteiger partial charge in [-0.3, -0.25) is 4.79 Å². The second kappa shape index (κ2) is 8.27. The molecule has 3 nitrogen and oxygen atoms in total. The molecule has 0 aliphatic carbocycles. The molecule has 5 heteroatoms. The Morgan fingerprint density at radius 2 is 1.83 bits per heavy atom. The van der Waals surface area contributed by atoms with Crippen LogP contribution in [0.25, 0.3) is 0 Å². The third-order valence-corrected chi connectivity index (χ3v) is 4.08. The van der Waals surface area contributed by atoms with E-state index in [2.05, 4.69) is 24.5 Å². The van der Waals surface area contributed by atoms with Crippen LogP contribution in [0, 0.1) is 18.7 Å². The van der Waals surface area contributed by atoms with Crippen molar-refractivity contribution in [3.05, 3.63) is 64.4 Å². The van der Waals surface area contributed by atoms with Gasteiger partial charge in [-0.1, -0.05) is 37.6 Å². The summed E-state index contributed by atoms with van der Waals surface area (Å²) in [7, 11) is 0. The van der Waals surface area contributed by atoms with Crippen LogP contribution in [0.15, 0.2) is 42.5 Å². The van der Waals surface area contributed by atoms with Gasteiger partial charge in [0, 0.05) is 16.8 Å². The number of hydrogen-bond donors (Lipinski definition) is 2. The number of hydrogen-bond acceptors (Lipinski definition) is 2. The SMILES string of the molecule is Cc1cc(Cl)ccc1NC(=O)CN[C@@H](c1ccc(F)cc1)C(C)C. The van der Waals surface area contributed by atoms with Gasteiger partial charge in [0.15, 0.2) is 0 Å². The number of carbonyl (C=O) groups is 1. The molecule has 0 heterocycles. The Balaban J connectivity index is 1.98. The van der Waals surface area contributed by atoms with Crippen molar-refractivity contribution < 1.29 is 9.18 Å². The van der Waals surface area contributed by atoms with E-state index in [1.165, 1.54) is 12.1 Å². The van der Waals surface area contributed by atoms with Gasteiger partial charge in [-0.15, -0.1) is 0 Å². The van der Waals surface area contributed by atoms with E-state index in [0.29, 0.717) is 5.02 Å². The van der Waals surface area contributed by atoms with Crippen LogP contribution in [-0.4, -0.2) is 12.5 Å². The first kappa shape index (κ1) is 18.4. The molecule has 128 valence electrons.